The lowest BCUT2D eigenvalue weighted by Crippen LogP contribution is -2.23. The lowest BCUT2D eigenvalue weighted by Gasteiger charge is -2.17. The Morgan fingerprint density at radius 1 is 1.53 bits per heavy atom. The van der Waals surface area contributed by atoms with Gasteiger partial charge < -0.3 is 5.32 Å². The van der Waals surface area contributed by atoms with Crippen LogP contribution in [0.3, 0.4) is 0 Å². The van der Waals surface area contributed by atoms with Crippen LogP contribution in [-0.4, -0.2) is 21.8 Å². The molecule has 6 heteroatoms. The lowest BCUT2D eigenvalue weighted by atomic mass is 10.1. The van der Waals surface area contributed by atoms with Gasteiger partial charge in [-0.15, -0.1) is 11.3 Å². The van der Waals surface area contributed by atoms with Gasteiger partial charge in [0.15, 0.2) is 0 Å². The van der Waals surface area contributed by atoms with Gasteiger partial charge in [0.25, 0.3) is 0 Å². The summed E-state index contributed by atoms with van der Waals surface area (Å²) < 4.78 is 1.99. The fourth-order valence-corrected chi connectivity index (χ4v) is 3.05. The van der Waals surface area contributed by atoms with E-state index in [4.69, 9.17) is 11.6 Å². The Bertz CT molecular complexity index is 534. The van der Waals surface area contributed by atoms with Gasteiger partial charge in [0.1, 0.15) is 0 Å². The maximum Gasteiger partial charge on any atom is 0.0897 e. The number of halogens is 1. The molecule has 4 nitrogen and oxygen atoms in total. The van der Waals surface area contributed by atoms with Crippen molar-refractivity contribution in [2.45, 2.75) is 39.3 Å². The van der Waals surface area contributed by atoms with Gasteiger partial charge in [-0.2, -0.15) is 5.10 Å². The Hall–Kier alpha value is -0.910. The second kappa shape index (κ2) is 6.50. The van der Waals surface area contributed by atoms with E-state index < -0.39 is 0 Å². The molecular weight excluding hydrogens is 280 g/mol. The number of nitrogens with one attached hydrogen (secondary N) is 1. The summed E-state index contributed by atoms with van der Waals surface area (Å²) in [5.41, 5.74) is 2.15. The van der Waals surface area contributed by atoms with E-state index in [2.05, 4.69) is 27.7 Å². The van der Waals surface area contributed by atoms with E-state index in [-0.39, 0.29) is 6.04 Å². The molecule has 2 rings (SSSR count). The van der Waals surface area contributed by atoms with Crippen LogP contribution in [0.25, 0.3) is 0 Å². The Labute approximate surface area is 122 Å². The molecule has 104 valence electrons. The molecule has 1 N–H and O–H groups in total. The molecule has 1 atom stereocenters. The minimum Gasteiger partial charge on any atom is -0.311 e. The summed E-state index contributed by atoms with van der Waals surface area (Å²) in [7, 11) is 1.95. The van der Waals surface area contributed by atoms with E-state index >= 15 is 0 Å². The molecule has 0 aromatic carbocycles. The topological polar surface area (TPSA) is 42.7 Å². The Kier molecular flexibility index (Phi) is 4.96. The van der Waals surface area contributed by atoms with Crippen LogP contribution in [0.5, 0.6) is 0 Å². The first kappa shape index (κ1) is 14.5. The quantitative estimate of drug-likeness (QED) is 0.890. The molecule has 0 bridgehead atoms. The normalized spacial score (nSPS) is 12.8. The number of rotatable bonds is 6. The maximum absolute atomic E-state index is 6.28. The minimum absolute atomic E-state index is 0.142. The second-order valence-corrected chi connectivity index (χ2v) is 5.97. The summed E-state index contributed by atoms with van der Waals surface area (Å²) in [5, 5.41) is 11.6. The zero-order chi connectivity index (χ0) is 13.8. The monoisotopic (exact) mass is 298 g/mol. The number of likely N-dealkylation sites (N-methyl/N-ethyl adjacent to an activating group) is 1. The highest BCUT2D eigenvalue weighted by Crippen LogP contribution is 2.26. The zero-order valence-corrected chi connectivity index (χ0v) is 13.1. The highest BCUT2D eigenvalue weighted by Gasteiger charge is 2.20. The molecule has 0 aliphatic carbocycles. The van der Waals surface area contributed by atoms with Gasteiger partial charge in [-0.05, 0) is 20.4 Å². The molecule has 1 unspecified atom stereocenters. The Balaban J connectivity index is 2.23. The van der Waals surface area contributed by atoms with E-state index in [0.717, 1.165) is 40.8 Å². The van der Waals surface area contributed by atoms with Crippen molar-refractivity contribution in [3.8, 4) is 0 Å². The fraction of sp³-hybridized carbons (Fsp3) is 0.538. The number of hydrogen-bond donors (Lipinski definition) is 1. The summed E-state index contributed by atoms with van der Waals surface area (Å²) in [4.78, 5) is 4.52. The molecule has 0 aliphatic heterocycles. The predicted octanol–water partition coefficient (Wildman–Crippen LogP) is 3.21. The van der Waals surface area contributed by atoms with Crippen LogP contribution in [0.4, 0.5) is 0 Å². The van der Waals surface area contributed by atoms with Crippen molar-refractivity contribution in [3.63, 3.8) is 0 Å². The summed E-state index contributed by atoms with van der Waals surface area (Å²) in [6, 6.07) is 0.142. The fourth-order valence-electron chi connectivity index (χ4n) is 2.15. The van der Waals surface area contributed by atoms with Crippen molar-refractivity contribution in [2.75, 3.05) is 7.05 Å². The highest BCUT2D eigenvalue weighted by molar-refractivity contribution is 7.09. The minimum atomic E-state index is 0.142. The molecule has 0 fully saturated rings. The third-order valence-electron chi connectivity index (χ3n) is 3.03. The first-order valence-electron chi connectivity index (χ1n) is 6.45. The number of aromatic nitrogens is 3. The highest BCUT2D eigenvalue weighted by atomic mass is 35.5. The van der Waals surface area contributed by atoms with E-state index in [0.29, 0.717) is 0 Å². The van der Waals surface area contributed by atoms with Crippen molar-refractivity contribution >= 4 is 22.9 Å². The van der Waals surface area contributed by atoms with Crippen molar-refractivity contribution < 1.29 is 0 Å². The molecule has 2 heterocycles. The third-order valence-corrected chi connectivity index (χ3v) is 4.14. The zero-order valence-electron chi connectivity index (χ0n) is 11.5. The molecule has 2 aromatic rings. The first-order valence-corrected chi connectivity index (χ1v) is 7.71. The van der Waals surface area contributed by atoms with Crippen LogP contribution < -0.4 is 5.32 Å². The van der Waals surface area contributed by atoms with E-state index in [1.54, 1.807) is 17.5 Å². The molecule has 0 aliphatic rings. The molecule has 0 amide bonds. The standard InChI is InChI=1S/C13H19ClN4S/c1-4-5-18-13(11(14)7-16-18)12(15-3)6-10-8-19-9(2)17-10/h7-8,12,15H,4-6H2,1-3H3. The van der Waals surface area contributed by atoms with Crippen LogP contribution in [0.15, 0.2) is 11.6 Å². The molecule has 19 heavy (non-hydrogen) atoms. The molecular formula is C13H19ClN4S. The summed E-state index contributed by atoms with van der Waals surface area (Å²) in [5.74, 6) is 0. The van der Waals surface area contributed by atoms with Crippen molar-refractivity contribution in [1.29, 1.82) is 0 Å². The smallest absolute Gasteiger partial charge is 0.0897 e. The maximum atomic E-state index is 6.28. The predicted molar refractivity (Wildman–Crippen MR) is 79.9 cm³/mol. The van der Waals surface area contributed by atoms with Gasteiger partial charge in [0, 0.05) is 18.3 Å². The Morgan fingerprint density at radius 3 is 2.89 bits per heavy atom. The van der Waals surface area contributed by atoms with E-state index in [1.165, 1.54) is 0 Å². The Morgan fingerprint density at radius 2 is 2.32 bits per heavy atom. The lowest BCUT2D eigenvalue weighted by molar-refractivity contribution is 0.494. The molecule has 0 spiro atoms. The number of aryl methyl sites for hydroxylation is 2. The molecule has 0 saturated heterocycles. The third kappa shape index (κ3) is 3.35. The van der Waals surface area contributed by atoms with Crippen molar-refractivity contribution in [3.05, 3.63) is 33.0 Å². The van der Waals surface area contributed by atoms with Gasteiger partial charge in [-0.1, -0.05) is 18.5 Å². The van der Waals surface area contributed by atoms with Gasteiger partial charge in [-0.3, -0.25) is 4.68 Å². The molecule has 0 radical (unpaired) electrons. The average molecular weight is 299 g/mol. The van der Waals surface area contributed by atoms with Crippen LogP contribution in [0, 0.1) is 6.92 Å². The first-order chi connectivity index (χ1) is 9.15. The van der Waals surface area contributed by atoms with Crippen molar-refractivity contribution in [1.82, 2.24) is 20.1 Å². The molecule has 0 saturated carbocycles. The van der Waals surface area contributed by atoms with Gasteiger partial charge >= 0.3 is 0 Å². The second-order valence-electron chi connectivity index (χ2n) is 4.50. The average Bonchev–Trinajstić information content (AvgIpc) is 2.94. The van der Waals surface area contributed by atoms with Gasteiger partial charge in [0.05, 0.1) is 33.7 Å². The number of hydrogen-bond acceptors (Lipinski definition) is 4. The van der Waals surface area contributed by atoms with Crippen LogP contribution in [0.2, 0.25) is 5.02 Å². The van der Waals surface area contributed by atoms with Crippen molar-refractivity contribution in [2.24, 2.45) is 0 Å². The van der Waals surface area contributed by atoms with E-state index in [1.807, 2.05) is 18.7 Å². The summed E-state index contributed by atoms with van der Waals surface area (Å²) in [6.07, 6.45) is 3.59. The van der Waals surface area contributed by atoms with Crippen LogP contribution in [-0.2, 0) is 13.0 Å². The van der Waals surface area contributed by atoms with Crippen LogP contribution >= 0.6 is 22.9 Å². The number of thiazole rings is 1. The SMILES string of the molecule is CCCn1ncc(Cl)c1C(Cc1csc(C)n1)NC. The number of nitrogens with zero attached hydrogens (tertiary/aromatic N) is 3. The summed E-state index contributed by atoms with van der Waals surface area (Å²) >= 11 is 7.96. The van der Waals surface area contributed by atoms with Gasteiger partial charge in [-0.25, -0.2) is 4.98 Å². The summed E-state index contributed by atoms with van der Waals surface area (Å²) in [6.45, 7) is 5.05. The molecule has 2 aromatic heterocycles. The largest absolute Gasteiger partial charge is 0.311 e. The van der Waals surface area contributed by atoms with Crippen LogP contribution in [0.1, 0.15) is 35.8 Å². The van der Waals surface area contributed by atoms with Gasteiger partial charge in [0.2, 0.25) is 0 Å². The van der Waals surface area contributed by atoms with E-state index in [9.17, 15) is 0 Å².